The van der Waals surface area contributed by atoms with E-state index in [1.165, 1.54) is 12.8 Å². The van der Waals surface area contributed by atoms with Gasteiger partial charge in [-0.05, 0) is 31.0 Å². The average molecular weight is 337 g/mol. The summed E-state index contributed by atoms with van der Waals surface area (Å²) in [7, 11) is 0. The standard InChI is InChI=1S/C19H17ClN4/c20-14-7-4-8-16(11-14)22-19-23-17(13-5-2-1-3-6-13)12-18(24-19)21-15-9-10-15/h1-8,11-12,15H,9-10H2,(H2,21,22,23,24). The van der Waals surface area contributed by atoms with Crippen LogP contribution in [0.2, 0.25) is 5.02 Å². The molecule has 0 aliphatic heterocycles. The van der Waals surface area contributed by atoms with Gasteiger partial charge in [0.2, 0.25) is 5.95 Å². The number of halogens is 1. The third-order valence-electron chi connectivity index (χ3n) is 3.81. The predicted octanol–water partition coefficient (Wildman–Crippen LogP) is 5.11. The van der Waals surface area contributed by atoms with Gasteiger partial charge in [-0.15, -0.1) is 0 Å². The first-order chi connectivity index (χ1) is 11.8. The molecule has 0 amide bonds. The van der Waals surface area contributed by atoms with Crippen LogP contribution in [0, 0.1) is 0 Å². The number of nitrogens with zero attached hydrogens (tertiary/aromatic N) is 2. The Kier molecular flexibility index (Phi) is 4.05. The predicted molar refractivity (Wildman–Crippen MR) is 98.8 cm³/mol. The zero-order valence-electron chi connectivity index (χ0n) is 13.0. The molecule has 3 aromatic rings. The summed E-state index contributed by atoms with van der Waals surface area (Å²) in [5, 5.41) is 7.37. The lowest BCUT2D eigenvalue weighted by Gasteiger charge is -2.11. The Hall–Kier alpha value is -2.59. The van der Waals surface area contributed by atoms with E-state index in [0.717, 1.165) is 22.8 Å². The smallest absolute Gasteiger partial charge is 0.229 e. The van der Waals surface area contributed by atoms with E-state index in [-0.39, 0.29) is 0 Å². The first kappa shape index (κ1) is 15.0. The van der Waals surface area contributed by atoms with Gasteiger partial charge in [0.25, 0.3) is 0 Å². The molecule has 1 aliphatic carbocycles. The van der Waals surface area contributed by atoms with E-state index in [2.05, 4.69) is 20.6 Å². The largest absolute Gasteiger partial charge is 0.367 e. The van der Waals surface area contributed by atoms with Crippen LogP contribution >= 0.6 is 11.6 Å². The fourth-order valence-electron chi connectivity index (χ4n) is 2.47. The van der Waals surface area contributed by atoms with Crippen molar-refractivity contribution in [2.75, 3.05) is 10.6 Å². The van der Waals surface area contributed by atoms with Gasteiger partial charge in [0.15, 0.2) is 0 Å². The number of aromatic nitrogens is 2. The van der Waals surface area contributed by atoms with E-state index >= 15 is 0 Å². The first-order valence-electron chi connectivity index (χ1n) is 8.00. The minimum atomic E-state index is 0.530. The van der Waals surface area contributed by atoms with E-state index < -0.39 is 0 Å². The maximum atomic E-state index is 6.05. The van der Waals surface area contributed by atoms with Gasteiger partial charge in [-0.25, -0.2) is 4.98 Å². The van der Waals surface area contributed by atoms with Gasteiger partial charge in [-0.3, -0.25) is 0 Å². The lowest BCUT2D eigenvalue weighted by molar-refractivity contribution is 1.09. The average Bonchev–Trinajstić information content (AvgIpc) is 3.39. The summed E-state index contributed by atoms with van der Waals surface area (Å²) in [4.78, 5) is 9.24. The summed E-state index contributed by atoms with van der Waals surface area (Å²) >= 11 is 6.05. The zero-order valence-corrected chi connectivity index (χ0v) is 13.8. The maximum Gasteiger partial charge on any atom is 0.229 e. The molecule has 4 nitrogen and oxygen atoms in total. The monoisotopic (exact) mass is 336 g/mol. The van der Waals surface area contributed by atoms with E-state index in [9.17, 15) is 0 Å². The van der Waals surface area contributed by atoms with Crippen molar-refractivity contribution in [2.24, 2.45) is 0 Å². The Labute approximate surface area is 145 Å². The molecule has 0 saturated heterocycles. The summed E-state index contributed by atoms with van der Waals surface area (Å²) in [5.41, 5.74) is 2.82. The molecular formula is C19H17ClN4. The van der Waals surface area contributed by atoms with Crippen molar-refractivity contribution in [3.8, 4) is 11.3 Å². The van der Waals surface area contributed by atoms with E-state index in [1.807, 2.05) is 60.7 Å². The van der Waals surface area contributed by atoms with Crippen LogP contribution < -0.4 is 10.6 Å². The van der Waals surface area contributed by atoms with Gasteiger partial charge < -0.3 is 10.6 Å². The second kappa shape index (κ2) is 6.49. The van der Waals surface area contributed by atoms with Crippen molar-refractivity contribution in [3.05, 3.63) is 65.7 Å². The lowest BCUT2D eigenvalue weighted by Crippen LogP contribution is -2.06. The molecule has 120 valence electrons. The molecule has 1 saturated carbocycles. The summed E-state index contributed by atoms with van der Waals surface area (Å²) in [6.45, 7) is 0. The zero-order chi connectivity index (χ0) is 16.4. The Bertz CT molecular complexity index is 847. The normalized spacial score (nSPS) is 13.5. The van der Waals surface area contributed by atoms with Crippen LogP contribution in [0.25, 0.3) is 11.3 Å². The van der Waals surface area contributed by atoms with Gasteiger partial charge in [-0.1, -0.05) is 48.0 Å². The van der Waals surface area contributed by atoms with Crippen molar-refractivity contribution >= 4 is 29.1 Å². The van der Waals surface area contributed by atoms with Gasteiger partial charge in [0.05, 0.1) is 5.69 Å². The lowest BCUT2D eigenvalue weighted by atomic mass is 10.1. The Morgan fingerprint density at radius 3 is 2.50 bits per heavy atom. The molecule has 24 heavy (non-hydrogen) atoms. The van der Waals surface area contributed by atoms with Crippen LogP contribution in [0.3, 0.4) is 0 Å². The second-order valence-corrected chi connectivity index (χ2v) is 6.32. The third-order valence-corrected chi connectivity index (χ3v) is 4.04. The summed E-state index contributed by atoms with van der Waals surface area (Å²) < 4.78 is 0. The number of anilines is 3. The van der Waals surface area contributed by atoms with Crippen molar-refractivity contribution in [1.29, 1.82) is 0 Å². The van der Waals surface area contributed by atoms with Crippen LogP contribution in [-0.2, 0) is 0 Å². The fraction of sp³-hybridized carbons (Fsp3) is 0.158. The van der Waals surface area contributed by atoms with Crippen molar-refractivity contribution in [3.63, 3.8) is 0 Å². The highest BCUT2D eigenvalue weighted by atomic mass is 35.5. The van der Waals surface area contributed by atoms with Crippen LogP contribution in [0.1, 0.15) is 12.8 Å². The second-order valence-electron chi connectivity index (χ2n) is 5.88. The molecule has 2 N–H and O–H groups in total. The van der Waals surface area contributed by atoms with Crippen LogP contribution in [0.4, 0.5) is 17.5 Å². The Morgan fingerprint density at radius 1 is 0.917 bits per heavy atom. The van der Waals surface area contributed by atoms with Crippen molar-refractivity contribution in [1.82, 2.24) is 9.97 Å². The third kappa shape index (κ3) is 3.66. The van der Waals surface area contributed by atoms with Crippen LogP contribution in [0.15, 0.2) is 60.7 Å². The minimum absolute atomic E-state index is 0.530. The molecule has 0 atom stereocenters. The fourth-order valence-corrected chi connectivity index (χ4v) is 2.66. The maximum absolute atomic E-state index is 6.05. The number of nitrogens with one attached hydrogen (secondary N) is 2. The molecule has 5 heteroatoms. The molecule has 0 bridgehead atoms. The molecule has 2 aromatic carbocycles. The van der Waals surface area contributed by atoms with Crippen LogP contribution in [-0.4, -0.2) is 16.0 Å². The quantitative estimate of drug-likeness (QED) is 0.679. The van der Waals surface area contributed by atoms with E-state index in [4.69, 9.17) is 11.6 Å². The van der Waals surface area contributed by atoms with Crippen molar-refractivity contribution < 1.29 is 0 Å². The molecule has 0 spiro atoms. The number of hydrogen-bond acceptors (Lipinski definition) is 4. The van der Waals surface area contributed by atoms with Gasteiger partial charge in [-0.2, -0.15) is 4.98 Å². The summed E-state index contributed by atoms with van der Waals surface area (Å²) in [6, 6.07) is 20.2. The minimum Gasteiger partial charge on any atom is -0.367 e. The highest BCUT2D eigenvalue weighted by Crippen LogP contribution is 2.28. The van der Waals surface area contributed by atoms with Gasteiger partial charge >= 0.3 is 0 Å². The number of hydrogen-bond donors (Lipinski definition) is 2. The van der Waals surface area contributed by atoms with Crippen LogP contribution in [0.5, 0.6) is 0 Å². The molecule has 0 unspecified atom stereocenters. The summed E-state index contributed by atoms with van der Waals surface area (Å²) in [5.74, 6) is 1.40. The number of rotatable bonds is 5. The molecule has 4 rings (SSSR count). The number of benzene rings is 2. The SMILES string of the molecule is Clc1cccc(Nc2nc(NC3CC3)cc(-c3ccccc3)n2)c1. The van der Waals surface area contributed by atoms with E-state index in [1.54, 1.807) is 0 Å². The molecule has 1 fully saturated rings. The molecule has 0 radical (unpaired) electrons. The molecule has 1 heterocycles. The topological polar surface area (TPSA) is 49.8 Å². The Balaban J connectivity index is 1.69. The van der Waals surface area contributed by atoms with E-state index in [0.29, 0.717) is 17.0 Å². The highest BCUT2D eigenvalue weighted by Gasteiger charge is 2.22. The molecule has 1 aromatic heterocycles. The molecular weight excluding hydrogens is 320 g/mol. The highest BCUT2D eigenvalue weighted by molar-refractivity contribution is 6.30. The van der Waals surface area contributed by atoms with Gasteiger partial charge in [0.1, 0.15) is 5.82 Å². The van der Waals surface area contributed by atoms with Crippen molar-refractivity contribution in [2.45, 2.75) is 18.9 Å². The summed E-state index contributed by atoms with van der Waals surface area (Å²) in [6.07, 6.45) is 2.39. The molecule has 1 aliphatic rings. The Morgan fingerprint density at radius 2 is 1.75 bits per heavy atom. The van der Waals surface area contributed by atoms with Gasteiger partial charge in [0, 0.05) is 28.4 Å². The first-order valence-corrected chi connectivity index (χ1v) is 8.38.